The van der Waals surface area contributed by atoms with Crippen molar-refractivity contribution in [2.45, 2.75) is 19.4 Å². The number of anilines is 3. The van der Waals surface area contributed by atoms with Gasteiger partial charge in [0.1, 0.15) is 34.6 Å². The molecule has 1 fully saturated rings. The van der Waals surface area contributed by atoms with E-state index >= 15 is 0 Å². The highest BCUT2D eigenvalue weighted by Crippen LogP contribution is 2.34. The van der Waals surface area contributed by atoms with Crippen molar-refractivity contribution in [3.8, 4) is 5.75 Å². The number of aromatic nitrogens is 3. The van der Waals surface area contributed by atoms with E-state index in [2.05, 4.69) is 37.5 Å². The van der Waals surface area contributed by atoms with Crippen LogP contribution in [0.2, 0.25) is 0 Å². The number of benzene rings is 1. The van der Waals surface area contributed by atoms with Crippen molar-refractivity contribution in [3.63, 3.8) is 0 Å². The Morgan fingerprint density at radius 1 is 1.10 bits per heavy atom. The molecule has 1 saturated heterocycles. The third-order valence-corrected chi connectivity index (χ3v) is 6.11. The summed E-state index contributed by atoms with van der Waals surface area (Å²) in [5.74, 6) is 2.65. The lowest BCUT2D eigenvalue weighted by Gasteiger charge is -2.19. The Hall–Kier alpha value is -3.19. The van der Waals surface area contributed by atoms with E-state index in [0.717, 1.165) is 52.8 Å². The van der Waals surface area contributed by atoms with Crippen LogP contribution in [0.15, 0.2) is 60.4 Å². The van der Waals surface area contributed by atoms with Crippen LogP contribution in [0.5, 0.6) is 5.75 Å². The van der Waals surface area contributed by atoms with Gasteiger partial charge in [0.25, 0.3) is 0 Å². The molecule has 0 spiro atoms. The van der Waals surface area contributed by atoms with Crippen molar-refractivity contribution in [1.82, 2.24) is 15.0 Å². The molecule has 0 bridgehead atoms. The zero-order valence-corrected chi connectivity index (χ0v) is 16.9. The van der Waals surface area contributed by atoms with Crippen molar-refractivity contribution in [3.05, 3.63) is 65.9 Å². The molecule has 4 heterocycles. The van der Waals surface area contributed by atoms with Gasteiger partial charge in [-0.25, -0.2) is 15.0 Å². The maximum atomic E-state index is 6.38. The van der Waals surface area contributed by atoms with Crippen LogP contribution < -0.4 is 15.0 Å². The Kier molecular flexibility index (Phi) is 4.73. The Morgan fingerprint density at radius 3 is 2.90 bits per heavy atom. The fourth-order valence-electron chi connectivity index (χ4n) is 3.67. The van der Waals surface area contributed by atoms with Crippen molar-refractivity contribution in [1.29, 1.82) is 0 Å². The van der Waals surface area contributed by atoms with Gasteiger partial charge in [-0.05, 0) is 42.1 Å². The molecule has 5 rings (SSSR count). The quantitative estimate of drug-likeness (QED) is 0.517. The van der Waals surface area contributed by atoms with Gasteiger partial charge in [-0.2, -0.15) is 0 Å². The topological polar surface area (TPSA) is 63.2 Å². The lowest BCUT2D eigenvalue weighted by molar-refractivity contribution is 0.226. The molecule has 7 heteroatoms. The van der Waals surface area contributed by atoms with Crippen molar-refractivity contribution in [2.75, 3.05) is 23.3 Å². The summed E-state index contributed by atoms with van der Waals surface area (Å²) < 4.78 is 6.38. The van der Waals surface area contributed by atoms with E-state index in [1.54, 1.807) is 17.7 Å². The molecule has 146 valence electrons. The molecular weight excluding hydrogens is 382 g/mol. The summed E-state index contributed by atoms with van der Waals surface area (Å²) in [7, 11) is 0. The lowest BCUT2D eigenvalue weighted by atomic mass is 10.2. The number of thiophene rings is 1. The predicted octanol–water partition coefficient (Wildman–Crippen LogP) is 4.80. The number of pyridine rings is 1. The number of nitrogens with zero attached hydrogens (tertiary/aromatic N) is 4. The molecule has 4 aromatic rings. The van der Waals surface area contributed by atoms with E-state index in [1.807, 2.05) is 48.7 Å². The number of nitrogens with one attached hydrogen (secondary N) is 1. The number of fused-ring (bicyclic) bond motifs is 1. The highest BCUT2D eigenvalue weighted by Gasteiger charge is 2.25. The van der Waals surface area contributed by atoms with E-state index < -0.39 is 0 Å². The number of hydrogen-bond acceptors (Lipinski definition) is 7. The smallest absolute Gasteiger partial charge is 0.143 e. The van der Waals surface area contributed by atoms with Gasteiger partial charge in [0.15, 0.2) is 0 Å². The van der Waals surface area contributed by atoms with Gasteiger partial charge in [-0.1, -0.05) is 18.2 Å². The summed E-state index contributed by atoms with van der Waals surface area (Å²) in [4.78, 5) is 16.6. The molecule has 0 saturated carbocycles. The lowest BCUT2D eigenvalue weighted by Crippen LogP contribution is -2.25. The second-order valence-corrected chi connectivity index (χ2v) is 7.96. The first-order chi connectivity index (χ1) is 14.3. The largest absolute Gasteiger partial charge is 0.486 e. The zero-order valence-electron chi connectivity index (χ0n) is 16.1. The van der Waals surface area contributed by atoms with Crippen molar-refractivity contribution in [2.24, 2.45) is 0 Å². The monoisotopic (exact) mass is 403 g/mol. The SMILES string of the molecule is Cc1csc2ncnc(Nc3ccccc3OC3CCN(c4ccccn4)C3)c12. The number of aryl methyl sites for hydroxylation is 1. The fourth-order valence-corrected chi connectivity index (χ4v) is 4.55. The maximum absolute atomic E-state index is 6.38. The predicted molar refractivity (Wildman–Crippen MR) is 117 cm³/mol. The highest BCUT2D eigenvalue weighted by atomic mass is 32.1. The molecule has 1 aliphatic heterocycles. The van der Waals surface area contributed by atoms with Gasteiger partial charge in [-0.15, -0.1) is 11.3 Å². The molecule has 6 nitrogen and oxygen atoms in total. The molecule has 0 radical (unpaired) electrons. The Bertz CT molecular complexity index is 1130. The second kappa shape index (κ2) is 7.67. The van der Waals surface area contributed by atoms with Crippen LogP contribution in [-0.4, -0.2) is 34.1 Å². The normalized spacial score (nSPS) is 16.3. The van der Waals surface area contributed by atoms with Gasteiger partial charge in [-0.3, -0.25) is 0 Å². The summed E-state index contributed by atoms with van der Waals surface area (Å²) in [6, 6.07) is 14.0. The first-order valence-corrected chi connectivity index (χ1v) is 10.5. The van der Waals surface area contributed by atoms with Crippen LogP contribution in [0.1, 0.15) is 12.0 Å². The van der Waals surface area contributed by atoms with E-state index in [-0.39, 0.29) is 6.10 Å². The maximum Gasteiger partial charge on any atom is 0.143 e. The number of rotatable bonds is 5. The molecule has 3 aromatic heterocycles. The van der Waals surface area contributed by atoms with Crippen LogP contribution in [0.25, 0.3) is 10.2 Å². The zero-order chi connectivity index (χ0) is 19.6. The molecule has 29 heavy (non-hydrogen) atoms. The molecule has 1 unspecified atom stereocenters. The van der Waals surface area contributed by atoms with Gasteiger partial charge in [0, 0.05) is 19.2 Å². The van der Waals surface area contributed by atoms with Crippen LogP contribution in [0.3, 0.4) is 0 Å². The van der Waals surface area contributed by atoms with Crippen LogP contribution >= 0.6 is 11.3 Å². The summed E-state index contributed by atoms with van der Waals surface area (Å²) in [5.41, 5.74) is 2.09. The van der Waals surface area contributed by atoms with Crippen molar-refractivity contribution < 1.29 is 4.74 Å². The van der Waals surface area contributed by atoms with Crippen LogP contribution in [-0.2, 0) is 0 Å². The fraction of sp³-hybridized carbons (Fsp3) is 0.227. The third kappa shape index (κ3) is 3.61. The van der Waals surface area contributed by atoms with Gasteiger partial charge >= 0.3 is 0 Å². The van der Waals surface area contributed by atoms with Crippen LogP contribution in [0, 0.1) is 6.92 Å². The average molecular weight is 404 g/mol. The molecule has 1 N–H and O–H groups in total. The highest BCUT2D eigenvalue weighted by molar-refractivity contribution is 7.17. The first kappa shape index (κ1) is 17.9. The van der Waals surface area contributed by atoms with E-state index in [0.29, 0.717) is 0 Å². The third-order valence-electron chi connectivity index (χ3n) is 5.11. The summed E-state index contributed by atoms with van der Waals surface area (Å²) in [6.45, 7) is 3.85. The standard InChI is InChI=1S/C22H21N5OS/c1-15-13-29-22-20(15)21(24-14-25-22)26-17-6-2-3-7-18(17)28-16-9-11-27(12-16)19-8-4-5-10-23-19/h2-8,10,13-14,16H,9,11-12H2,1H3,(H,24,25,26). The van der Waals surface area contributed by atoms with E-state index in [4.69, 9.17) is 4.74 Å². The summed E-state index contributed by atoms with van der Waals surface area (Å²) in [5, 5.41) is 6.64. The first-order valence-electron chi connectivity index (χ1n) is 9.65. The van der Waals surface area contributed by atoms with Gasteiger partial charge < -0.3 is 15.0 Å². The minimum atomic E-state index is 0.119. The average Bonchev–Trinajstić information content (AvgIpc) is 3.38. The van der Waals surface area contributed by atoms with Gasteiger partial charge in [0.05, 0.1) is 17.6 Å². The number of hydrogen-bond donors (Lipinski definition) is 1. The number of ether oxygens (including phenoxy) is 1. The van der Waals surface area contributed by atoms with Gasteiger partial charge in [0.2, 0.25) is 0 Å². The minimum Gasteiger partial charge on any atom is -0.486 e. The van der Waals surface area contributed by atoms with E-state index in [1.165, 1.54) is 5.56 Å². The van der Waals surface area contributed by atoms with Crippen LogP contribution in [0.4, 0.5) is 17.3 Å². The Balaban J connectivity index is 1.36. The van der Waals surface area contributed by atoms with E-state index in [9.17, 15) is 0 Å². The van der Waals surface area contributed by atoms with Crippen molar-refractivity contribution >= 4 is 38.9 Å². The Morgan fingerprint density at radius 2 is 2.00 bits per heavy atom. The molecule has 1 atom stereocenters. The molecule has 0 aliphatic carbocycles. The minimum absolute atomic E-state index is 0.119. The second-order valence-electron chi connectivity index (χ2n) is 7.10. The molecule has 0 amide bonds. The summed E-state index contributed by atoms with van der Waals surface area (Å²) >= 11 is 1.63. The summed E-state index contributed by atoms with van der Waals surface area (Å²) in [6.07, 6.45) is 4.52. The molecule has 1 aliphatic rings. The molecular formula is C22H21N5OS. The number of para-hydroxylation sites is 2. The molecule has 1 aromatic carbocycles. The Labute approximate surface area is 173 Å².